The average molecular weight is 284 g/mol. The first-order chi connectivity index (χ1) is 9.54. The van der Waals surface area contributed by atoms with Crippen LogP contribution < -0.4 is 5.73 Å². The van der Waals surface area contributed by atoms with Gasteiger partial charge in [0.05, 0.1) is 5.52 Å². The molecule has 1 aromatic heterocycles. The standard InChI is InChI=1S/C16H14ClN3/c1-9-3-4-11(7-10(9)2)16-19-14-6-5-12(17)8-13(14)15(18)20-16/h3-8H,1-2H3,(H2,18,19,20). The zero-order chi connectivity index (χ0) is 14.3. The Morgan fingerprint density at radius 1 is 0.950 bits per heavy atom. The Labute approximate surface area is 122 Å². The normalized spacial score (nSPS) is 10.9. The first kappa shape index (κ1) is 12.9. The summed E-state index contributed by atoms with van der Waals surface area (Å²) in [5, 5.41) is 1.41. The van der Waals surface area contributed by atoms with Gasteiger partial charge in [0.1, 0.15) is 5.82 Å². The molecule has 0 unspecified atom stereocenters. The molecule has 4 heteroatoms. The van der Waals surface area contributed by atoms with Gasteiger partial charge in [-0.3, -0.25) is 0 Å². The van der Waals surface area contributed by atoms with Crippen LogP contribution in [0.25, 0.3) is 22.3 Å². The topological polar surface area (TPSA) is 51.8 Å². The minimum absolute atomic E-state index is 0.450. The second kappa shape index (κ2) is 4.76. The first-order valence-corrected chi connectivity index (χ1v) is 6.73. The van der Waals surface area contributed by atoms with Gasteiger partial charge in [0.15, 0.2) is 5.82 Å². The van der Waals surface area contributed by atoms with Gasteiger partial charge in [0.2, 0.25) is 0 Å². The highest BCUT2D eigenvalue weighted by Gasteiger charge is 2.08. The molecule has 0 atom stereocenters. The van der Waals surface area contributed by atoms with Gasteiger partial charge >= 0.3 is 0 Å². The fourth-order valence-electron chi connectivity index (χ4n) is 2.13. The monoisotopic (exact) mass is 283 g/mol. The van der Waals surface area contributed by atoms with Crippen molar-refractivity contribution in [2.75, 3.05) is 5.73 Å². The second-order valence-corrected chi connectivity index (χ2v) is 5.33. The van der Waals surface area contributed by atoms with E-state index in [0.29, 0.717) is 16.7 Å². The molecule has 0 saturated heterocycles. The third-order valence-corrected chi connectivity index (χ3v) is 3.69. The van der Waals surface area contributed by atoms with Crippen molar-refractivity contribution in [3.05, 3.63) is 52.5 Å². The summed E-state index contributed by atoms with van der Waals surface area (Å²) in [4.78, 5) is 8.96. The third-order valence-electron chi connectivity index (χ3n) is 3.45. The molecule has 0 fully saturated rings. The number of nitrogens with two attached hydrogens (primary N) is 1. The first-order valence-electron chi connectivity index (χ1n) is 6.35. The Balaban J connectivity index is 2.21. The lowest BCUT2D eigenvalue weighted by molar-refractivity contribution is 1.22. The summed E-state index contributed by atoms with van der Waals surface area (Å²) in [6.45, 7) is 4.15. The van der Waals surface area contributed by atoms with E-state index in [0.717, 1.165) is 16.5 Å². The van der Waals surface area contributed by atoms with E-state index in [1.54, 1.807) is 12.1 Å². The minimum atomic E-state index is 0.450. The fraction of sp³-hybridized carbons (Fsp3) is 0.125. The van der Waals surface area contributed by atoms with Crippen molar-refractivity contribution >= 4 is 28.3 Å². The van der Waals surface area contributed by atoms with Crippen LogP contribution in [0.4, 0.5) is 5.82 Å². The van der Waals surface area contributed by atoms with Crippen LogP contribution >= 0.6 is 11.6 Å². The van der Waals surface area contributed by atoms with E-state index in [9.17, 15) is 0 Å². The lowest BCUT2D eigenvalue weighted by atomic mass is 10.1. The van der Waals surface area contributed by atoms with Crippen molar-refractivity contribution in [2.24, 2.45) is 0 Å². The number of rotatable bonds is 1. The number of nitrogen functional groups attached to an aromatic ring is 1. The zero-order valence-corrected chi connectivity index (χ0v) is 12.1. The molecule has 0 bridgehead atoms. The van der Waals surface area contributed by atoms with E-state index in [4.69, 9.17) is 17.3 Å². The summed E-state index contributed by atoms with van der Waals surface area (Å²) >= 11 is 5.97. The predicted molar refractivity (Wildman–Crippen MR) is 83.9 cm³/mol. The molecule has 0 aliphatic rings. The van der Waals surface area contributed by atoms with Crippen molar-refractivity contribution in [3.63, 3.8) is 0 Å². The summed E-state index contributed by atoms with van der Waals surface area (Å²) in [6, 6.07) is 11.6. The van der Waals surface area contributed by atoms with Crippen LogP contribution in [0.15, 0.2) is 36.4 Å². The number of fused-ring (bicyclic) bond motifs is 1. The maximum atomic E-state index is 6.02. The number of aryl methyl sites for hydroxylation is 2. The van der Waals surface area contributed by atoms with Gasteiger partial charge in [-0.2, -0.15) is 0 Å². The van der Waals surface area contributed by atoms with Crippen LogP contribution in [-0.2, 0) is 0 Å². The van der Waals surface area contributed by atoms with E-state index < -0.39 is 0 Å². The van der Waals surface area contributed by atoms with Crippen molar-refractivity contribution in [1.82, 2.24) is 9.97 Å². The van der Waals surface area contributed by atoms with Gasteiger partial charge in [0, 0.05) is 16.0 Å². The Morgan fingerprint density at radius 3 is 2.50 bits per heavy atom. The van der Waals surface area contributed by atoms with E-state index in [1.165, 1.54) is 11.1 Å². The van der Waals surface area contributed by atoms with Crippen molar-refractivity contribution in [2.45, 2.75) is 13.8 Å². The molecule has 1 heterocycles. The number of hydrogen-bond acceptors (Lipinski definition) is 3. The Kier molecular flexibility index (Phi) is 3.07. The van der Waals surface area contributed by atoms with Gasteiger partial charge in [-0.25, -0.2) is 9.97 Å². The number of hydrogen-bond donors (Lipinski definition) is 1. The van der Waals surface area contributed by atoms with E-state index in [1.807, 2.05) is 12.1 Å². The highest BCUT2D eigenvalue weighted by Crippen LogP contribution is 2.26. The highest BCUT2D eigenvalue weighted by atomic mass is 35.5. The molecule has 3 aromatic rings. The molecule has 100 valence electrons. The molecule has 0 aliphatic heterocycles. The molecule has 0 radical (unpaired) electrons. The molecular weight excluding hydrogens is 270 g/mol. The highest BCUT2D eigenvalue weighted by molar-refractivity contribution is 6.31. The summed E-state index contributed by atoms with van der Waals surface area (Å²) in [5.74, 6) is 1.09. The molecule has 0 amide bonds. The maximum Gasteiger partial charge on any atom is 0.162 e. The van der Waals surface area contributed by atoms with Crippen molar-refractivity contribution in [1.29, 1.82) is 0 Å². The third kappa shape index (κ3) is 2.21. The number of aromatic nitrogens is 2. The predicted octanol–water partition coefficient (Wildman–Crippen LogP) is 4.15. The van der Waals surface area contributed by atoms with Crippen LogP contribution in [0.3, 0.4) is 0 Å². The molecule has 2 aromatic carbocycles. The lowest BCUT2D eigenvalue weighted by Crippen LogP contribution is -1.98. The maximum absolute atomic E-state index is 6.02. The Morgan fingerprint density at radius 2 is 1.75 bits per heavy atom. The fourth-order valence-corrected chi connectivity index (χ4v) is 2.31. The smallest absolute Gasteiger partial charge is 0.162 e. The van der Waals surface area contributed by atoms with Crippen molar-refractivity contribution in [3.8, 4) is 11.4 Å². The van der Waals surface area contributed by atoms with E-state index >= 15 is 0 Å². The summed E-state index contributed by atoms with van der Waals surface area (Å²) in [5.41, 5.74) is 10.2. The Hall–Kier alpha value is -2.13. The lowest BCUT2D eigenvalue weighted by Gasteiger charge is -2.07. The van der Waals surface area contributed by atoms with E-state index in [-0.39, 0.29) is 0 Å². The molecular formula is C16H14ClN3. The molecule has 3 rings (SSSR count). The van der Waals surface area contributed by atoms with Crippen LogP contribution in [-0.4, -0.2) is 9.97 Å². The average Bonchev–Trinajstić information content (AvgIpc) is 2.42. The number of benzene rings is 2. The van der Waals surface area contributed by atoms with Gasteiger partial charge in [-0.05, 0) is 49.2 Å². The zero-order valence-electron chi connectivity index (χ0n) is 11.3. The van der Waals surface area contributed by atoms with Gasteiger partial charge in [-0.1, -0.05) is 23.7 Å². The molecule has 20 heavy (non-hydrogen) atoms. The van der Waals surface area contributed by atoms with Gasteiger partial charge < -0.3 is 5.73 Å². The van der Waals surface area contributed by atoms with Crippen LogP contribution in [0.1, 0.15) is 11.1 Å². The molecule has 2 N–H and O–H groups in total. The summed E-state index contributed by atoms with van der Waals surface area (Å²) in [6.07, 6.45) is 0. The molecule has 0 aliphatic carbocycles. The van der Waals surface area contributed by atoms with Crippen LogP contribution in [0, 0.1) is 13.8 Å². The van der Waals surface area contributed by atoms with Gasteiger partial charge in [-0.15, -0.1) is 0 Å². The number of nitrogens with zero attached hydrogens (tertiary/aromatic N) is 2. The largest absolute Gasteiger partial charge is 0.383 e. The van der Waals surface area contributed by atoms with Crippen LogP contribution in [0.2, 0.25) is 5.02 Å². The van der Waals surface area contributed by atoms with Crippen molar-refractivity contribution < 1.29 is 0 Å². The van der Waals surface area contributed by atoms with Gasteiger partial charge in [0.25, 0.3) is 0 Å². The minimum Gasteiger partial charge on any atom is -0.383 e. The second-order valence-electron chi connectivity index (χ2n) is 4.89. The quantitative estimate of drug-likeness (QED) is 0.730. The molecule has 3 nitrogen and oxygen atoms in total. The molecule has 0 spiro atoms. The van der Waals surface area contributed by atoms with Crippen LogP contribution in [0.5, 0.6) is 0 Å². The number of anilines is 1. The summed E-state index contributed by atoms with van der Waals surface area (Å²) in [7, 11) is 0. The molecule has 0 saturated carbocycles. The number of halogens is 1. The Bertz CT molecular complexity index is 812. The van der Waals surface area contributed by atoms with E-state index in [2.05, 4.69) is 35.9 Å². The summed E-state index contributed by atoms with van der Waals surface area (Å²) < 4.78 is 0. The SMILES string of the molecule is Cc1ccc(-c2nc(N)c3cc(Cl)ccc3n2)cc1C.